The van der Waals surface area contributed by atoms with Crippen LogP contribution in [0, 0.1) is 6.92 Å². The number of nitrogens with one attached hydrogen (secondary N) is 2. The summed E-state index contributed by atoms with van der Waals surface area (Å²) in [5.74, 6) is 0.493. The Balaban J connectivity index is 1.48. The Morgan fingerprint density at radius 3 is 2.15 bits per heavy atom. The Hall–Kier alpha value is -4.33. The number of aryl methyl sites for hydroxylation is 1. The lowest BCUT2D eigenvalue weighted by atomic mass is 10.2. The van der Waals surface area contributed by atoms with Crippen LogP contribution in [0.1, 0.15) is 15.9 Å². The maximum atomic E-state index is 12.2. The van der Waals surface area contributed by atoms with Crippen molar-refractivity contribution in [1.82, 2.24) is 5.32 Å². The second-order valence-corrected chi connectivity index (χ2v) is 7.06. The highest BCUT2D eigenvalue weighted by Gasteiger charge is 2.10. The number of carbonyl (C=O) groups excluding carboxylic acids is 3. The minimum atomic E-state index is -0.556. The maximum Gasteiger partial charge on any atom is 0.325 e. The number of hydrogen-bond acceptors (Lipinski definition) is 6. The largest absolute Gasteiger partial charge is 0.484 e. The van der Waals surface area contributed by atoms with Crippen LogP contribution in [0.4, 0.5) is 5.69 Å². The van der Waals surface area contributed by atoms with Gasteiger partial charge in [0.05, 0.1) is 7.11 Å². The zero-order chi connectivity index (χ0) is 23.6. The van der Waals surface area contributed by atoms with E-state index in [2.05, 4.69) is 15.4 Å². The van der Waals surface area contributed by atoms with Gasteiger partial charge in [0, 0.05) is 11.3 Å². The van der Waals surface area contributed by atoms with Gasteiger partial charge in [-0.15, -0.1) is 0 Å². The fourth-order valence-corrected chi connectivity index (χ4v) is 2.76. The molecule has 3 rings (SSSR count). The van der Waals surface area contributed by atoms with E-state index in [0.29, 0.717) is 22.7 Å². The van der Waals surface area contributed by atoms with Crippen molar-refractivity contribution in [2.24, 2.45) is 0 Å². The smallest absolute Gasteiger partial charge is 0.325 e. The number of esters is 1. The van der Waals surface area contributed by atoms with Gasteiger partial charge in [-0.3, -0.25) is 14.4 Å². The fourth-order valence-electron chi connectivity index (χ4n) is 2.76. The van der Waals surface area contributed by atoms with Crippen molar-refractivity contribution in [3.05, 3.63) is 83.9 Å². The zero-order valence-electron chi connectivity index (χ0n) is 18.3. The molecule has 0 aliphatic rings. The third-order valence-electron chi connectivity index (χ3n) is 4.48. The average Bonchev–Trinajstić information content (AvgIpc) is 2.83. The predicted molar refractivity (Wildman–Crippen MR) is 123 cm³/mol. The van der Waals surface area contributed by atoms with Crippen LogP contribution in [-0.2, 0) is 14.3 Å². The first-order valence-corrected chi connectivity index (χ1v) is 10.2. The molecule has 0 spiro atoms. The number of rotatable bonds is 9. The van der Waals surface area contributed by atoms with E-state index >= 15 is 0 Å². The van der Waals surface area contributed by atoms with E-state index in [1.165, 1.54) is 13.2 Å². The van der Waals surface area contributed by atoms with Crippen LogP contribution in [0.2, 0.25) is 0 Å². The predicted octanol–water partition coefficient (Wildman–Crippen LogP) is 3.71. The number of benzene rings is 3. The molecular formula is C25H24N2O6. The summed E-state index contributed by atoms with van der Waals surface area (Å²) >= 11 is 0. The van der Waals surface area contributed by atoms with Crippen molar-refractivity contribution in [2.75, 3.05) is 25.6 Å². The standard InChI is InChI=1S/C25H24N2O6/c1-17-6-8-21(9-7-17)33-22-12-10-20(11-13-22)32-16-23(28)27-19-5-3-4-18(14-19)25(30)26-15-24(29)31-2/h3-14H,15-16H2,1-2H3,(H,26,30)(H,27,28). The van der Waals surface area contributed by atoms with Crippen LogP contribution in [0.15, 0.2) is 72.8 Å². The molecule has 170 valence electrons. The molecule has 8 heteroatoms. The summed E-state index contributed by atoms with van der Waals surface area (Å²) in [7, 11) is 1.24. The Morgan fingerprint density at radius 2 is 1.48 bits per heavy atom. The molecule has 0 aliphatic carbocycles. The molecule has 0 fully saturated rings. The van der Waals surface area contributed by atoms with Gasteiger partial charge in [-0.25, -0.2) is 0 Å². The van der Waals surface area contributed by atoms with Crippen molar-refractivity contribution in [3.63, 3.8) is 0 Å². The van der Waals surface area contributed by atoms with Crippen LogP contribution < -0.4 is 20.1 Å². The van der Waals surface area contributed by atoms with Gasteiger partial charge < -0.3 is 24.8 Å². The zero-order valence-corrected chi connectivity index (χ0v) is 18.3. The van der Waals surface area contributed by atoms with Crippen molar-refractivity contribution in [3.8, 4) is 17.2 Å². The first kappa shape index (κ1) is 23.3. The second kappa shape index (κ2) is 11.3. The molecule has 33 heavy (non-hydrogen) atoms. The molecule has 0 bridgehead atoms. The number of carbonyl (C=O) groups is 3. The van der Waals surface area contributed by atoms with Crippen LogP contribution in [-0.4, -0.2) is 38.0 Å². The van der Waals surface area contributed by atoms with Crippen molar-refractivity contribution >= 4 is 23.5 Å². The van der Waals surface area contributed by atoms with Gasteiger partial charge in [0.15, 0.2) is 6.61 Å². The van der Waals surface area contributed by atoms with Crippen molar-refractivity contribution in [1.29, 1.82) is 0 Å². The summed E-state index contributed by atoms with van der Waals surface area (Å²) in [5, 5.41) is 5.11. The Morgan fingerprint density at radius 1 is 0.848 bits per heavy atom. The molecule has 3 aromatic rings. The van der Waals surface area contributed by atoms with Gasteiger partial charge in [-0.05, 0) is 61.5 Å². The van der Waals surface area contributed by atoms with Crippen LogP contribution in [0.3, 0.4) is 0 Å². The van der Waals surface area contributed by atoms with E-state index in [1.54, 1.807) is 42.5 Å². The lowest BCUT2D eigenvalue weighted by Gasteiger charge is -2.10. The summed E-state index contributed by atoms with van der Waals surface area (Å²) in [6.45, 7) is 1.55. The van der Waals surface area contributed by atoms with Crippen LogP contribution in [0.5, 0.6) is 17.2 Å². The molecule has 0 aromatic heterocycles. The Bertz CT molecular complexity index is 1110. The van der Waals surface area contributed by atoms with Gasteiger partial charge in [0.2, 0.25) is 0 Å². The van der Waals surface area contributed by atoms with Crippen molar-refractivity contribution < 1.29 is 28.6 Å². The summed E-state index contributed by atoms with van der Waals surface area (Å²) in [6.07, 6.45) is 0. The normalized spacial score (nSPS) is 10.1. The van der Waals surface area contributed by atoms with E-state index in [9.17, 15) is 14.4 Å². The van der Waals surface area contributed by atoms with E-state index < -0.39 is 11.9 Å². The Kier molecular flexibility index (Phi) is 8.02. The molecule has 2 N–H and O–H groups in total. The summed E-state index contributed by atoms with van der Waals surface area (Å²) in [5.41, 5.74) is 1.87. The summed E-state index contributed by atoms with van der Waals surface area (Å²) < 4.78 is 15.8. The summed E-state index contributed by atoms with van der Waals surface area (Å²) in [6, 6.07) is 21.0. The minimum Gasteiger partial charge on any atom is -0.484 e. The topological polar surface area (TPSA) is 103 Å². The van der Waals surface area contributed by atoms with Gasteiger partial charge >= 0.3 is 5.97 Å². The highest BCUT2D eigenvalue weighted by molar-refractivity contribution is 5.98. The maximum absolute atomic E-state index is 12.2. The number of ether oxygens (including phenoxy) is 3. The summed E-state index contributed by atoms with van der Waals surface area (Å²) in [4.78, 5) is 35.5. The van der Waals surface area contributed by atoms with Gasteiger partial charge in [0.1, 0.15) is 23.8 Å². The Labute approximate surface area is 191 Å². The molecule has 0 aliphatic heterocycles. The van der Waals surface area contributed by atoms with Crippen LogP contribution >= 0.6 is 0 Å². The monoisotopic (exact) mass is 448 g/mol. The molecule has 0 atom stereocenters. The first-order chi connectivity index (χ1) is 15.9. The lowest BCUT2D eigenvalue weighted by Crippen LogP contribution is -2.30. The molecule has 0 unspecified atom stereocenters. The van der Waals surface area contributed by atoms with E-state index in [4.69, 9.17) is 9.47 Å². The first-order valence-electron chi connectivity index (χ1n) is 10.2. The number of methoxy groups -OCH3 is 1. The third kappa shape index (κ3) is 7.39. The van der Waals surface area contributed by atoms with Gasteiger partial charge in [-0.1, -0.05) is 23.8 Å². The minimum absolute atomic E-state index is 0.211. The molecule has 2 amide bonds. The average molecular weight is 448 g/mol. The number of amides is 2. The van der Waals surface area contributed by atoms with E-state index in [-0.39, 0.29) is 19.1 Å². The quantitative estimate of drug-likeness (QED) is 0.484. The molecule has 0 heterocycles. The highest BCUT2D eigenvalue weighted by Crippen LogP contribution is 2.24. The fraction of sp³-hybridized carbons (Fsp3) is 0.160. The molecule has 8 nitrogen and oxygen atoms in total. The van der Waals surface area contributed by atoms with Crippen molar-refractivity contribution in [2.45, 2.75) is 6.92 Å². The second-order valence-electron chi connectivity index (χ2n) is 7.06. The van der Waals surface area contributed by atoms with E-state index in [1.807, 2.05) is 31.2 Å². The molecule has 3 aromatic carbocycles. The molecular weight excluding hydrogens is 424 g/mol. The van der Waals surface area contributed by atoms with E-state index in [0.717, 1.165) is 11.3 Å². The molecule has 0 saturated heterocycles. The van der Waals surface area contributed by atoms with Crippen LogP contribution in [0.25, 0.3) is 0 Å². The lowest BCUT2D eigenvalue weighted by molar-refractivity contribution is -0.139. The number of hydrogen-bond donors (Lipinski definition) is 2. The number of anilines is 1. The highest BCUT2D eigenvalue weighted by atomic mass is 16.5. The molecule has 0 radical (unpaired) electrons. The van der Waals surface area contributed by atoms with Gasteiger partial charge in [0.25, 0.3) is 11.8 Å². The molecule has 0 saturated carbocycles. The van der Waals surface area contributed by atoms with Gasteiger partial charge in [-0.2, -0.15) is 0 Å². The SMILES string of the molecule is COC(=O)CNC(=O)c1cccc(NC(=O)COc2ccc(Oc3ccc(C)cc3)cc2)c1. The third-order valence-corrected chi connectivity index (χ3v) is 4.48.